The lowest BCUT2D eigenvalue weighted by Crippen LogP contribution is -2.48. The van der Waals surface area contributed by atoms with Crippen LogP contribution in [0, 0.1) is 0 Å². The summed E-state index contributed by atoms with van der Waals surface area (Å²) in [6, 6.07) is 9.88. The number of fused-ring (bicyclic) bond motifs is 1. The Bertz CT molecular complexity index is 623. The largest absolute Gasteiger partial charge is 0.459 e. The minimum absolute atomic E-state index is 0. The number of likely N-dealkylation sites (N-methyl/N-ethyl adjacent to an activating group) is 1. The third-order valence-corrected chi connectivity index (χ3v) is 4.40. The number of halogens is 2. The van der Waals surface area contributed by atoms with Crippen LogP contribution in [0.1, 0.15) is 18.7 Å². The highest BCUT2D eigenvalue weighted by Gasteiger charge is 2.23. The Hall–Kier alpha value is -1.27. The monoisotopic (exact) mass is 373 g/mol. The van der Waals surface area contributed by atoms with E-state index in [9.17, 15) is 4.79 Å². The molecule has 1 saturated heterocycles. The summed E-state index contributed by atoms with van der Waals surface area (Å²) >= 11 is 0. The van der Waals surface area contributed by atoms with Gasteiger partial charge in [0.1, 0.15) is 11.3 Å². The topological polar surface area (TPSA) is 48.7 Å². The number of carbonyl (C=O) groups is 1. The van der Waals surface area contributed by atoms with Gasteiger partial charge in [0, 0.05) is 38.6 Å². The van der Waals surface area contributed by atoms with Crippen molar-refractivity contribution in [2.24, 2.45) is 0 Å². The molecule has 1 aromatic carbocycles. The summed E-state index contributed by atoms with van der Waals surface area (Å²) in [6.45, 7) is 6.25. The molecule has 0 spiro atoms. The normalized spacial score (nSPS) is 16.1. The zero-order chi connectivity index (χ0) is 15.5. The molecular formula is C17H25Cl2N3O2. The van der Waals surface area contributed by atoms with Crippen molar-refractivity contribution in [3.63, 3.8) is 0 Å². The number of para-hydroxylation sites is 1. The predicted octanol–water partition coefficient (Wildman–Crippen LogP) is 2.70. The van der Waals surface area contributed by atoms with Gasteiger partial charge in [-0.15, -0.1) is 24.8 Å². The van der Waals surface area contributed by atoms with E-state index < -0.39 is 0 Å². The van der Waals surface area contributed by atoms with Crippen molar-refractivity contribution in [3.05, 3.63) is 36.1 Å². The number of nitrogens with one attached hydrogen (secondary N) is 1. The maximum atomic E-state index is 12.5. The van der Waals surface area contributed by atoms with Gasteiger partial charge in [0.15, 0.2) is 0 Å². The van der Waals surface area contributed by atoms with Gasteiger partial charge in [-0.1, -0.05) is 18.2 Å². The molecule has 5 nitrogen and oxygen atoms in total. The standard InChI is InChI=1S/C17H23N3O2.2ClH/c1-13(16-11-14-5-3-4-6-15(14)22-16)19(2)17(21)12-20-9-7-18-8-10-20;;/h3-6,11,13,18H,7-10,12H2,1-2H3;2*1H. The Morgan fingerprint density at radius 2 is 1.96 bits per heavy atom. The SMILES string of the molecule is CC(c1cc2ccccc2o1)N(C)C(=O)CN1CCNCC1.Cl.Cl. The van der Waals surface area contributed by atoms with Crippen LogP contribution in [0.15, 0.2) is 34.7 Å². The van der Waals surface area contributed by atoms with Gasteiger partial charge in [-0.25, -0.2) is 0 Å². The molecule has 7 heteroatoms. The number of hydrogen-bond acceptors (Lipinski definition) is 4. The van der Waals surface area contributed by atoms with Crippen LogP contribution >= 0.6 is 24.8 Å². The molecule has 3 rings (SSSR count). The Morgan fingerprint density at radius 3 is 2.62 bits per heavy atom. The van der Waals surface area contributed by atoms with E-state index in [0.29, 0.717) is 6.54 Å². The highest BCUT2D eigenvalue weighted by atomic mass is 35.5. The number of benzene rings is 1. The lowest BCUT2D eigenvalue weighted by atomic mass is 10.2. The van der Waals surface area contributed by atoms with Gasteiger partial charge in [0.25, 0.3) is 0 Å². The second-order valence-corrected chi connectivity index (χ2v) is 5.89. The molecule has 0 bridgehead atoms. The van der Waals surface area contributed by atoms with Crippen LogP contribution in [0.25, 0.3) is 11.0 Å². The molecule has 0 radical (unpaired) electrons. The minimum atomic E-state index is -0.0668. The van der Waals surface area contributed by atoms with Gasteiger partial charge < -0.3 is 14.6 Å². The number of hydrogen-bond donors (Lipinski definition) is 1. The highest BCUT2D eigenvalue weighted by Crippen LogP contribution is 2.26. The van der Waals surface area contributed by atoms with E-state index in [-0.39, 0.29) is 36.8 Å². The van der Waals surface area contributed by atoms with Crippen molar-refractivity contribution in [1.82, 2.24) is 15.1 Å². The molecule has 0 aliphatic carbocycles. The molecule has 1 amide bonds. The number of amides is 1. The average molecular weight is 374 g/mol. The zero-order valence-corrected chi connectivity index (χ0v) is 15.7. The smallest absolute Gasteiger partial charge is 0.237 e. The molecule has 2 aromatic rings. The summed E-state index contributed by atoms with van der Waals surface area (Å²) in [5.41, 5.74) is 0.868. The first-order valence-electron chi connectivity index (χ1n) is 7.82. The number of rotatable bonds is 4. The molecule has 1 fully saturated rings. The molecule has 1 aliphatic heterocycles. The van der Waals surface area contributed by atoms with Crippen LogP contribution in [0.3, 0.4) is 0 Å². The number of carbonyl (C=O) groups excluding carboxylic acids is 1. The number of piperazine rings is 1. The molecule has 2 heterocycles. The Morgan fingerprint density at radius 1 is 1.29 bits per heavy atom. The van der Waals surface area contributed by atoms with Crippen molar-refractivity contribution in [1.29, 1.82) is 0 Å². The third kappa shape index (κ3) is 4.63. The van der Waals surface area contributed by atoms with Crippen molar-refractivity contribution in [3.8, 4) is 0 Å². The summed E-state index contributed by atoms with van der Waals surface area (Å²) in [5.74, 6) is 0.965. The van der Waals surface area contributed by atoms with Gasteiger partial charge in [0.05, 0.1) is 12.6 Å². The van der Waals surface area contributed by atoms with E-state index in [0.717, 1.165) is 42.9 Å². The van der Waals surface area contributed by atoms with Gasteiger partial charge in [-0.3, -0.25) is 9.69 Å². The first kappa shape index (κ1) is 20.8. The highest BCUT2D eigenvalue weighted by molar-refractivity contribution is 5.85. The van der Waals surface area contributed by atoms with E-state index in [1.807, 2.05) is 44.3 Å². The summed E-state index contributed by atoms with van der Waals surface area (Å²) in [4.78, 5) is 16.4. The lowest BCUT2D eigenvalue weighted by Gasteiger charge is -2.30. The minimum Gasteiger partial charge on any atom is -0.459 e. The number of furan rings is 1. The van der Waals surface area contributed by atoms with Crippen molar-refractivity contribution in [2.45, 2.75) is 13.0 Å². The lowest BCUT2D eigenvalue weighted by molar-refractivity contribution is -0.133. The molecule has 0 saturated carbocycles. The van der Waals surface area contributed by atoms with Crippen LogP contribution in [0.5, 0.6) is 0 Å². The van der Waals surface area contributed by atoms with Crippen molar-refractivity contribution in [2.75, 3.05) is 39.8 Å². The molecule has 1 atom stereocenters. The molecule has 24 heavy (non-hydrogen) atoms. The van der Waals surface area contributed by atoms with Crippen molar-refractivity contribution >= 4 is 41.7 Å². The summed E-state index contributed by atoms with van der Waals surface area (Å²) in [7, 11) is 1.85. The zero-order valence-electron chi connectivity index (χ0n) is 14.0. The maximum Gasteiger partial charge on any atom is 0.237 e. The first-order valence-corrected chi connectivity index (χ1v) is 7.82. The average Bonchev–Trinajstić information content (AvgIpc) is 2.98. The molecule has 1 unspecified atom stereocenters. The van der Waals surface area contributed by atoms with Crippen LogP contribution < -0.4 is 5.32 Å². The maximum absolute atomic E-state index is 12.5. The predicted molar refractivity (Wildman–Crippen MR) is 101 cm³/mol. The van der Waals surface area contributed by atoms with Crippen LogP contribution in [0.2, 0.25) is 0 Å². The van der Waals surface area contributed by atoms with Gasteiger partial charge in [-0.2, -0.15) is 0 Å². The van der Waals surface area contributed by atoms with Gasteiger partial charge in [0.2, 0.25) is 5.91 Å². The fourth-order valence-corrected chi connectivity index (χ4v) is 2.79. The first-order chi connectivity index (χ1) is 10.6. The summed E-state index contributed by atoms with van der Waals surface area (Å²) in [5, 5.41) is 4.38. The third-order valence-electron chi connectivity index (χ3n) is 4.40. The van der Waals surface area contributed by atoms with Crippen molar-refractivity contribution < 1.29 is 9.21 Å². The van der Waals surface area contributed by atoms with E-state index in [1.165, 1.54) is 0 Å². The number of nitrogens with zero attached hydrogens (tertiary/aromatic N) is 2. The Balaban J connectivity index is 0.00000144. The van der Waals surface area contributed by atoms with Crippen LogP contribution in [0.4, 0.5) is 0 Å². The Kier molecular flexibility index (Phi) is 8.03. The fraction of sp³-hybridized carbons (Fsp3) is 0.471. The van der Waals surface area contributed by atoms with Crippen LogP contribution in [-0.2, 0) is 4.79 Å². The van der Waals surface area contributed by atoms with E-state index >= 15 is 0 Å². The molecule has 1 aromatic heterocycles. The second-order valence-electron chi connectivity index (χ2n) is 5.89. The fourth-order valence-electron chi connectivity index (χ4n) is 2.79. The van der Waals surface area contributed by atoms with E-state index in [2.05, 4.69) is 10.2 Å². The van der Waals surface area contributed by atoms with Gasteiger partial charge >= 0.3 is 0 Å². The molecule has 134 valence electrons. The molecular weight excluding hydrogens is 349 g/mol. The van der Waals surface area contributed by atoms with E-state index in [1.54, 1.807) is 4.90 Å². The Labute approximate surface area is 155 Å². The summed E-state index contributed by atoms with van der Waals surface area (Å²) in [6.07, 6.45) is 0. The second kappa shape index (κ2) is 9.28. The molecule has 1 aliphatic rings. The van der Waals surface area contributed by atoms with Crippen LogP contribution in [-0.4, -0.2) is 55.5 Å². The quantitative estimate of drug-likeness (QED) is 0.894. The summed E-state index contributed by atoms with van der Waals surface area (Å²) < 4.78 is 5.87. The van der Waals surface area contributed by atoms with Gasteiger partial charge in [-0.05, 0) is 19.1 Å². The van der Waals surface area contributed by atoms with E-state index in [4.69, 9.17) is 4.42 Å². The molecule has 1 N–H and O–H groups in total.